The van der Waals surface area contributed by atoms with Gasteiger partial charge in [-0.1, -0.05) is 39.3 Å². The molecule has 2 amide bonds. The fourth-order valence-corrected chi connectivity index (χ4v) is 10.8. The topological polar surface area (TPSA) is 169 Å². The minimum atomic E-state index is -1.03. The number of ether oxygens (including phenoxy) is 7. The lowest BCUT2D eigenvalue weighted by atomic mass is 9.55. The van der Waals surface area contributed by atoms with Gasteiger partial charge in [0.25, 0.3) is 0 Å². The lowest BCUT2D eigenvalue weighted by Gasteiger charge is -2.54. The highest BCUT2D eigenvalue weighted by Crippen LogP contribution is 2.53. The van der Waals surface area contributed by atoms with E-state index in [0.29, 0.717) is 55.1 Å². The Labute approximate surface area is 373 Å². The Morgan fingerprint density at radius 3 is 2.14 bits per heavy atom. The van der Waals surface area contributed by atoms with Gasteiger partial charge < -0.3 is 49.1 Å². The van der Waals surface area contributed by atoms with Crippen molar-refractivity contribution in [2.24, 2.45) is 34.5 Å². The highest BCUT2D eigenvalue weighted by Gasteiger charge is 2.50. The molecule has 63 heavy (non-hydrogen) atoms. The van der Waals surface area contributed by atoms with Crippen molar-refractivity contribution in [3.05, 3.63) is 47.5 Å². The van der Waals surface area contributed by atoms with Crippen molar-refractivity contribution in [1.29, 1.82) is 0 Å². The lowest BCUT2D eigenvalue weighted by Crippen LogP contribution is -2.58. The van der Waals surface area contributed by atoms with Crippen LogP contribution in [-0.4, -0.2) is 82.5 Å². The quantitative estimate of drug-likeness (QED) is 0.103. The van der Waals surface area contributed by atoms with Crippen molar-refractivity contribution in [1.82, 2.24) is 16.0 Å². The van der Waals surface area contributed by atoms with E-state index in [2.05, 4.69) is 36.7 Å². The highest BCUT2D eigenvalue weighted by molar-refractivity contribution is 5.77. The molecule has 2 aromatic carbocycles. The average molecular weight is 878 g/mol. The van der Waals surface area contributed by atoms with E-state index in [-0.39, 0.29) is 46.6 Å². The van der Waals surface area contributed by atoms with E-state index in [1.807, 2.05) is 38.1 Å². The molecule has 0 radical (unpaired) electrons. The number of nitrogens with one attached hydrogen (secondary N) is 3. The molecule has 3 saturated carbocycles. The van der Waals surface area contributed by atoms with Gasteiger partial charge in [-0.05, 0) is 137 Å². The first-order valence-corrected chi connectivity index (χ1v) is 22.9. The molecular weight excluding hydrogens is 807 g/mol. The maximum Gasteiger partial charge on any atom is 0.412 e. The molecule has 14 nitrogen and oxygen atoms in total. The summed E-state index contributed by atoms with van der Waals surface area (Å²) in [4.78, 5) is 52.3. The smallest absolute Gasteiger partial charge is 0.412 e. The van der Waals surface area contributed by atoms with E-state index in [1.54, 1.807) is 33.3 Å². The van der Waals surface area contributed by atoms with Gasteiger partial charge >= 0.3 is 24.1 Å². The van der Waals surface area contributed by atoms with Crippen LogP contribution in [0.15, 0.2) is 36.4 Å². The van der Waals surface area contributed by atoms with Gasteiger partial charge in [0.15, 0.2) is 23.0 Å². The summed E-state index contributed by atoms with van der Waals surface area (Å²) in [6.07, 6.45) is 8.29. The second kappa shape index (κ2) is 20.4. The number of rotatable bonds is 17. The Morgan fingerprint density at radius 2 is 1.48 bits per heavy atom. The minimum absolute atomic E-state index is 0.0288. The van der Waals surface area contributed by atoms with Crippen LogP contribution in [0.1, 0.15) is 117 Å². The number of hydrogen-bond donors (Lipinski definition) is 3. The maximum absolute atomic E-state index is 13.3. The van der Waals surface area contributed by atoms with E-state index < -0.39 is 29.9 Å². The summed E-state index contributed by atoms with van der Waals surface area (Å²) in [6.45, 7) is 12.8. The number of carbonyl (C=O) groups is 4. The number of esters is 2. The summed E-state index contributed by atoms with van der Waals surface area (Å²) in [6, 6.07) is 11.2. The molecule has 4 fully saturated rings. The van der Waals surface area contributed by atoms with E-state index >= 15 is 0 Å². The number of cyclic esters (lactones) is 1. The summed E-state index contributed by atoms with van der Waals surface area (Å²) in [5.74, 6) is 2.00. The van der Waals surface area contributed by atoms with Crippen molar-refractivity contribution >= 4 is 24.1 Å². The van der Waals surface area contributed by atoms with E-state index in [1.165, 1.54) is 20.0 Å². The summed E-state index contributed by atoms with van der Waals surface area (Å²) < 4.78 is 38.9. The number of alkyl carbamates (subject to hydrolysis) is 1. The Kier molecular flexibility index (Phi) is 15.5. The van der Waals surface area contributed by atoms with Crippen LogP contribution in [-0.2, 0) is 36.6 Å². The highest BCUT2D eigenvalue weighted by atomic mass is 16.7. The van der Waals surface area contributed by atoms with Crippen LogP contribution >= 0.6 is 0 Å². The molecule has 3 N–H and O–H groups in total. The molecule has 1 saturated heterocycles. The summed E-state index contributed by atoms with van der Waals surface area (Å²) in [5, 5.41) is 9.74. The van der Waals surface area contributed by atoms with Gasteiger partial charge in [0.05, 0.1) is 39.3 Å². The molecule has 7 atom stereocenters. The first kappa shape index (κ1) is 47.8. The summed E-state index contributed by atoms with van der Waals surface area (Å²) >= 11 is 0. The molecule has 2 aromatic rings. The monoisotopic (exact) mass is 878 g/mol. The predicted octanol–water partition coefficient (Wildman–Crippen LogP) is 8.30. The third-order valence-corrected chi connectivity index (χ3v) is 14.0. The van der Waals surface area contributed by atoms with Crippen LogP contribution in [0.3, 0.4) is 0 Å². The van der Waals surface area contributed by atoms with Crippen molar-refractivity contribution in [3.8, 4) is 23.0 Å². The molecule has 0 spiro atoms. The summed E-state index contributed by atoms with van der Waals surface area (Å²) in [5.41, 5.74) is 0.910. The Hall–Kier alpha value is -4.72. The van der Waals surface area contributed by atoms with Crippen molar-refractivity contribution in [2.45, 2.75) is 143 Å². The average Bonchev–Trinajstić information content (AvgIpc) is 3.56. The molecule has 1 aliphatic heterocycles. The van der Waals surface area contributed by atoms with Crippen LogP contribution in [0.5, 0.6) is 23.0 Å². The zero-order valence-electron chi connectivity index (χ0n) is 38.9. The SMILES string of the molecule is CCC1(C)CC2CC(C)CC(NC(=O)OC(C)OC(=O)C(C)(C)CNC3CCC(NC(=O)Oc4ccc(C[C@H]5C(=O)OC[C@@H]5Cc5ccc(OC)c(OC)c5)cc4OC)CC3)(C2)C1. The molecular formula is C49H71N3O11. The molecule has 4 aliphatic rings. The van der Waals surface area contributed by atoms with Gasteiger partial charge in [0, 0.05) is 37.0 Å². The molecule has 6 rings (SSSR count). The largest absolute Gasteiger partial charge is 0.493 e. The molecule has 1 heterocycles. The van der Waals surface area contributed by atoms with Crippen molar-refractivity contribution in [3.63, 3.8) is 0 Å². The van der Waals surface area contributed by atoms with E-state index in [9.17, 15) is 19.2 Å². The Balaban J connectivity index is 0.913. The van der Waals surface area contributed by atoms with E-state index in [0.717, 1.165) is 62.5 Å². The zero-order chi connectivity index (χ0) is 45.5. The number of hydrogen-bond acceptors (Lipinski definition) is 12. The fraction of sp³-hybridized carbons (Fsp3) is 0.673. The standard InChI is InChI=1S/C49H71N3O11/c1-10-48(6)25-34-19-30(2)24-49(26-34,28-48)52-46(56)62-31(3)61-44(54)47(4,5)29-50-36-13-15-37(16-14-36)51-45(55)63-40-18-12-33(23-42(40)59-9)21-38-35(27-60-43(38)53)20-32-11-17-39(57-7)41(22-32)58-8/h11-12,17-18,22-23,30-31,34-38,50H,10,13-16,19-21,24-29H2,1-9H3,(H,51,55)(H,52,56)/t30?,31?,34?,35-,36?,37?,38+,48?,49?/m0/s1. The fourth-order valence-electron chi connectivity index (χ4n) is 10.8. The normalized spacial score (nSPS) is 28.5. The van der Waals surface area contributed by atoms with Crippen LogP contribution in [0.25, 0.3) is 0 Å². The van der Waals surface area contributed by atoms with Gasteiger partial charge in [0.1, 0.15) is 0 Å². The maximum atomic E-state index is 13.3. The second-order valence-electron chi connectivity index (χ2n) is 19.9. The second-order valence-corrected chi connectivity index (χ2v) is 19.9. The number of carbonyl (C=O) groups excluding carboxylic acids is 4. The number of benzene rings is 2. The van der Waals surface area contributed by atoms with Crippen LogP contribution in [0, 0.1) is 34.5 Å². The zero-order valence-corrected chi connectivity index (χ0v) is 38.9. The van der Waals surface area contributed by atoms with Gasteiger partial charge in [-0.2, -0.15) is 0 Å². The van der Waals surface area contributed by atoms with Crippen LogP contribution in [0.2, 0.25) is 0 Å². The van der Waals surface area contributed by atoms with Crippen LogP contribution in [0.4, 0.5) is 9.59 Å². The van der Waals surface area contributed by atoms with Gasteiger partial charge in [-0.15, -0.1) is 0 Å². The van der Waals surface area contributed by atoms with Gasteiger partial charge in [-0.3, -0.25) is 9.59 Å². The molecule has 2 bridgehead atoms. The lowest BCUT2D eigenvalue weighted by molar-refractivity contribution is -0.175. The predicted molar refractivity (Wildman–Crippen MR) is 237 cm³/mol. The molecule has 348 valence electrons. The summed E-state index contributed by atoms with van der Waals surface area (Å²) in [7, 11) is 4.70. The molecule has 3 aliphatic carbocycles. The van der Waals surface area contributed by atoms with Crippen molar-refractivity contribution < 1.29 is 52.3 Å². The molecule has 0 aromatic heterocycles. The number of fused-ring (bicyclic) bond motifs is 2. The van der Waals surface area contributed by atoms with Crippen molar-refractivity contribution in [2.75, 3.05) is 34.5 Å². The Morgan fingerprint density at radius 1 is 0.841 bits per heavy atom. The van der Waals surface area contributed by atoms with Gasteiger partial charge in [-0.25, -0.2) is 9.59 Å². The first-order chi connectivity index (χ1) is 29.9. The van der Waals surface area contributed by atoms with E-state index in [4.69, 9.17) is 33.2 Å². The first-order valence-electron chi connectivity index (χ1n) is 22.9. The van der Waals surface area contributed by atoms with Crippen LogP contribution < -0.4 is 34.9 Å². The van der Waals surface area contributed by atoms with Gasteiger partial charge in [0.2, 0.25) is 6.29 Å². The number of methoxy groups -OCH3 is 3. The number of amides is 2. The molecule has 14 heteroatoms. The third-order valence-electron chi connectivity index (χ3n) is 14.0. The molecule has 5 unspecified atom stereocenters. The third kappa shape index (κ3) is 12.3. The minimum Gasteiger partial charge on any atom is -0.493 e. The Bertz CT molecular complexity index is 1930.